The SMILES string of the molecule is CCOC(=O)Cc1cc(OC)nc(OC(F)(F)F)c1CF. The lowest BCUT2D eigenvalue weighted by atomic mass is 10.1. The normalized spacial score (nSPS) is 11.1. The zero-order valence-electron chi connectivity index (χ0n) is 11.3. The number of pyridine rings is 1. The third kappa shape index (κ3) is 5.09. The number of aromatic nitrogens is 1. The number of methoxy groups -OCH3 is 1. The van der Waals surface area contributed by atoms with Crippen molar-refractivity contribution in [3.8, 4) is 11.8 Å². The minimum atomic E-state index is -5.04. The molecule has 5 nitrogen and oxygen atoms in total. The summed E-state index contributed by atoms with van der Waals surface area (Å²) in [5, 5.41) is 0. The van der Waals surface area contributed by atoms with Crippen molar-refractivity contribution in [3.63, 3.8) is 0 Å². The van der Waals surface area contributed by atoms with E-state index in [9.17, 15) is 22.4 Å². The lowest BCUT2D eigenvalue weighted by molar-refractivity contribution is -0.276. The Kier molecular flexibility index (Phi) is 5.74. The van der Waals surface area contributed by atoms with Gasteiger partial charge in [-0.1, -0.05) is 0 Å². The topological polar surface area (TPSA) is 57.7 Å². The number of rotatable bonds is 6. The van der Waals surface area contributed by atoms with Crippen LogP contribution in [0.2, 0.25) is 0 Å². The molecule has 1 aromatic rings. The van der Waals surface area contributed by atoms with Crippen LogP contribution >= 0.6 is 0 Å². The van der Waals surface area contributed by atoms with Crippen molar-refractivity contribution < 1.29 is 36.6 Å². The van der Waals surface area contributed by atoms with Crippen molar-refractivity contribution in [3.05, 3.63) is 17.2 Å². The zero-order valence-corrected chi connectivity index (χ0v) is 11.3. The van der Waals surface area contributed by atoms with E-state index in [1.54, 1.807) is 6.92 Å². The van der Waals surface area contributed by atoms with Gasteiger partial charge in [0.05, 0.1) is 20.1 Å². The van der Waals surface area contributed by atoms with E-state index in [1.807, 2.05) is 0 Å². The van der Waals surface area contributed by atoms with Gasteiger partial charge in [0.1, 0.15) is 6.67 Å². The summed E-state index contributed by atoms with van der Waals surface area (Å²) in [5.41, 5.74) is -0.511. The summed E-state index contributed by atoms with van der Waals surface area (Å²) in [6.07, 6.45) is -5.45. The number of carbonyl (C=O) groups excluding carboxylic acids is 1. The predicted molar refractivity (Wildman–Crippen MR) is 62.6 cm³/mol. The van der Waals surface area contributed by atoms with Crippen molar-refractivity contribution in [2.75, 3.05) is 13.7 Å². The molecule has 0 spiro atoms. The molecule has 9 heteroatoms. The van der Waals surface area contributed by atoms with Crippen LogP contribution in [0.1, 0.15) is 18.1 Å². The molecule has 1 heterocycles. The fraction of sp³-hybridized carbons (Fsp3) is 0.500. The van der Waals surface area contributed by atoms with Gasteiger partial charge in [-0.25, -0.2) is 4.39 Å². The van der Waals surface area contributed by atoms with Crippen LogP contribution < -0.4 is 9.47 Å². The maximum Gasteiger partial charge on any atom is 0.574 e. The largest absolute Gasteiger partial charge is 0.574 e. The van der Waals surface area contributed by atoms with Crippen LogP contribution in [0.4, 0.5) is 17.6 Å². The first-order valence-corrected chi connectivity index (χ1v) is 5.84. The Bertz CT molecular complexity index is 505. The Morgan fingerprint density at radius 2 is 2.05 bits per heavy atom. The van der Waals surface area contributed by atoms with Crippen LogP contribution in [-0.2, 0) is 22.6 Å². The molecule has 118 valence electrons. The number of carbonyl (C=O) groups is 1. The summed E-state index contributed by atoms with van der Waals surface area (Å²) in [5.74, 6) is -1.92. The zero-order chi connectivity index (χ0) is 16.0. The molecule has 0 aromatic carbocycles. The molecule has 0 aliphatic heterocycles. The number of hydrogen-bond acceptors (Lipinski definition) is 5. The van der Waals surface area contributed by atoms with Gasteiger partial charge in [-0.15, -0.1) is 13.2 Å². The maximum absolute atomic E-state index is 13.0. The second kappa shape index (κ2) is 7.09. The Morgan fingerprint density at radius 1 is 1.38 bits per heavy atom. The highest BCUT2D eigenvalue weighted by atomic mass is 19.4. The maximum atomic E-state index is 13.0. The minimum Gasteiger partial charge on any atom is -0.481 e. The van der Waals surface area contributed by atoms with Crippen LogP contribution in [-0.4, -0.2) is 31.0 Å². The Balaban J connectivity index is 3.21. The number of alkyl halides is 4. The lowest BCUT2D eigenvalue weighted by Gasteiger charge is -2.15. The molecular formula is C12H13F4NO4. The smallest absolute Gasteiger partial charge is 0.481 e. The van der Waals surface area contributed by atoms with E-state index in [1.165, 1.54) is 7.11 Å². The highest BCUT2D eigenvalue weighted by Crippen LogP contribution is 2.30. The Labute approximate surface area is 117 Å². The molecule has 0 aliphatic rings. The molecule has 0 radical (unpaired) electrons. The molecule has 0 N–H and O–H groups in total. The second-order valence-electron chi connectivity index (χ2n) is 3.77. The standard InChI is InChI=1S/C12H13F4NO4/c1-3-20-10(18)5-7-4-9(19-2)17-11(8(7)6-13)21-12(14,15)16/h4H,3,5-6H2,1-2H3. The number of nitrogens with zero attached hydrogens (tertiary/aromatic N) is 1. The summed E-state index contributed by atoms with van der Waals surface area (Å²) in [7, 11) is 1.17. The van der Waals surface area contributed by atoms with Gasteiger partial charge in [0, 0.05) is 11.6 Å². The predicted octanol–water partition coefficient (Wildman–Crippen LogP) is 2.56. The number of halogens is 4. The van der Waals surface area contributed by atoms with Crippen molar-refractivity contribution in [1.29, 1.82) is 0 Å². The van der Waals surface area contributed by atoms with E-state index in [4.69, 9.17) is 4.74 Å². The first-order valence-electron chi connectivity index (χ1n) is 5.84. The Morgan fingerprint density at radius 3 is 2.52 bits per heavy atom. The van der Waals surface area contributed by atoms with E-state index >= 15 is 0 Å². The van der Waals surface area contributed by atoms with E-state index in [2.05, 4.69) is 14.5 Å². The first kappa shape index (κ1) is 17.0. The van der Waals surface area contributed by atoms with Crippen molar-refractivity contribution in [1.82, 2.24) is 4.98 Å². The lowest BCUT2D eigenvalue weighted by Crippen LogP contribution is -2.20. The van der Waals surface area contributed by atoms with Gasteiger partial charge in [0.2, 0.25) is 11.8 Å². The van der Waals surface area contributed by atoms with Crippen molar-refractivity contribution in [2.45, 2.75) is 26.4 Å². The van der Waals surface area contributed by atoms with Crippen LogP contribution in [0.5, 0.6) is 11.8 Å². The van der Waals surface area contributed by atoms with Crippen LogP contribution in [0.3, 0.4) is 0 Å². The summed E-state index contributed by atoms with van der Waals surface area (Å²) in [6, 6.07) is 1.16. The van der Waals surface area contributed by atoms with Crippen LogP contribution in [0.15, 0.2) is 6.07 Å². The molecule has 0 unspecified atom stereocenters. The fourth-order valence-electron chi connectivity index (χ4n) is 1.54. The molecular weight excluding hydrogens is 298 g/mol. The first-order chi connectivity index (χ1) is 9.80. The van der Waals surface area contributed by atoms with Crippen LogP contribution in [0.25, 0.3) is 0 Å². The Hall–Kier alpha value is -2.06. The molecule has 0 amide bonds. The number of hydrogen-bond donors (Lipinski definition) is 0. The molecule has 0 fully saturated rings. The summed E-state index contributed by atoms with van der Waals surface area (Å²) >= 11 is 0. The highest BCUT2D eigenvalue weighted by molar-refractivity contribution is 5.73. The van der Waals surface area contributed by atoms with E-state index < -0.39 is 36.9 Å². The fourth-order valence-corrected chi connectivity index (χ4v) is 1.54. The summed E-state index contributed by atoms with van der Waals surface area (Å²) in [4.78, 5) is 14.8. The minimum absolute atomic E-state index is 0.0398. The van der Waals surface area contributed by atoms with Gasteiger partial charge >= 0.3 is 12.3 Å². The van der Waals surface area contributed by atoms with Gasteiger partial charge in [0.25, 0.3) is 0 Å². The molecule has 0 saturated carbocycles. The van der Waals surface area contributed by atoms with Gasteiger partial charge < -0.3 is 14.2 Å². The van der Waals surface area contributed by atoms with Crippen molar-refractivity contribution >= 4 is 5.97 Å². The molecule has 1 rings (SSSR count). The molecule has 0 saturated heterocycles. The van der Waals surface area contributed by atoms with Crippen LogP contribution in [0, 0.1) is 0 Å². The summed E-state index contributed by atoms with van der Waals surface area (Å²) in [6.45, 7) is 0.383. The third-order valence-corrected chi connectivity index (χ3v) is 2.35. The molecule has 0 bridgehead atoms. The van der Waals surface area contributed by atoms with Gasteiger partial charge in [0.15, 0.2) is 0 Å². The van der Waals surface area contributed by atoms with Gasteiger partial charge in [-0.3, -0.25) is 4.79 Å². The second-order valence-corrected chi connectivity index (χ2v) is 3.77. The van der Waals surface area contributed by atoms with E-state index in [-0.39, 0.29) is 18.1 Å². The monoisotopic (exact) mass is 311 g/mol. The van der Waals surface area contributed by atoms with Crippen molar-refractivity contribution in [2.24, 2.45) is 0 Å². The van der Waals surface area contributed by atoms with E-state index in [0.29, 0.717) is 0 Å². The summed E-state index contributed by atoms with van der Waals surface area (Å²) < 4.78 is 62.9. The molecule has 0 aliphatic carbocycles. The number of esters is 1. The average molecular weight is 311 g/mol. The molecule has 0 atom stereocenters. The molecule has 1 aromatic heterocycles. The molecule has 21 heavy (non-hydrogen) atoms. The third-order valence-electron chi connectivity index (χ3n) is 2.35. The van der Waals surface area contributed by atoms with E-state index in [0.717, 1.165) is 6.07 Å². The van der Waals surface area contributed by atoms with Gasteiger partial charge in [-0.05, 0) is 12.5 Å². The number of ether oxygens (including phenoxy) is 3. The average Bonchev–Trinajstić information content (AvgIpc) is 2.36. The quantitative estimate of drug-likeness (QED) is 0.597. The highest BCUT2D eigenvalue weighted by Gasteiger charge is 2.34. The van der Waals surface area contributed by atoms with Gasteiger partial charge in [-0.2, -0.15) is 4.98 Å².